The van der Waals surface area contributed by atoms with E-state index in [1.807, 2.05) is 19.1 Å². The number of aliphatic carboxylic acids is 1. The van der Waals surface area contributed by atoms with Crippen LogP contribution in [0.3, 0.4) is 0 Å². The lowest BCUT2D eigenvalue weighted by atomic mass is 9.96. The monoisotopic (exact) mass is 295 g/mol. The van der Waals surface area contributed by atoms with E-state index in [-0.39, 0.29) is 0 Å². The quantitative estimate of drug-likeness (QED) is 0.538. The lowest BCUT2D eigenvalue weighted by Crippen LogP contribution is -2.49. The van der Waals surface area contributed by atoms with Crippen molar-refractivity contribution in [3.63, 3.8) is 0 Å². The van der Waals surface area contributed by atoms with Gasteiger partial charge in [0.2, 0.25) is 0 Å². The molecule has 112 valence electrons. The van der Waals surface area contributed by atoms with E-state index in [2.05, 4.69) is 24.4 Å². The summed E-state index contributed by atoms with van der Waals surface area (Å²) in [5, 5.41) is 12.5. The first-order valence-corrected chi connectivity index (χ1v) is 8.15. The molecule has 0 aliphatic rings. The van der Waals surface area contributed by atoms with Crippen LogP contribution in [0, 0.1) is 6.92 Å². The van der Waals surface area contributed by atoms with E-state index < -0.39 is 11.5 Å². The van der Waals surface area contributed by atoms with Gasteiger partial charge in [0, 0.05) is 4.90 Å². The Morgan fingerprint density at radius 3 is 2.70 bits per heavy atom. The number of carboxylic acid groups (broad SMARTS) is 1. The van der Waals surface area contributed by atoms with Crippen LogP contribution in [-0.4, -0.2) is 28.9 Å². The third-order valence-corrected chi connectivity index (χ3v) is 4.67. The fourth-order valence-electron chi connectivity index (χ4n) is 2.00. The Kier molecular flexibility index (Phi) is 7.10. The van der Waals surface area contributed by atoms with Gasteiger partial charge >= 0.3 is 5.97 Å². The minimum absolute atomic E-state index is 0.654. The molecule has 20 heavy (non-hydrogen) atoms. The molecule has 0 fully saturated rings. The molecule has 0 amide bonds. The van der Waals surface area contributed by atoms with E-state index >= 15 is 0 Å². The Balaban J connectivity index is 2.41. The van der Waals surface area contributed by atoms with Crippen molar-refractivity contribution < 1.29 is 9.90 Å². The van der Waals surface area contributed by atoms with Gasteiger partial charge in [-0.2, -0.15) is 0 Å². The van der Waals surface area contributed by atoms with E-state index in [9.17, 15) is 9.90 Å². The van der Waals surface area contributed by atoms with Crippen LogP contribution in [0.25, 0.3) is 0 Å². The summed E-state index contributed by atoms with van der Waals surface area (Å²) in [4.78, 5) is 12.7. The van der Waals surface area contributed by atoms with E-state index in [1.54, 1.807) is 18.7 Å². The summed E-state index contributed by atoms with van der Waals surface area (Å²) >= 11 is 1.80. The van der Waals surface area contributed by atoms with E-state index in [0.29, 0.717) is 6.42 Å². The number of thioether (sulfide) groups is 1. The van der Waals surface area contributed by atoms with Crippen LogP contribution in [-0.2, 0) is 4.79 Å². The topological polar surface area (TPSA) is 49.3 Å². The highest BCUT2D eigenvalue weighted by molar-refractivity contribution is 7.99. The summed E-state index contributed by atoms with van der Waals surface area (Å²) in [6, 6.07) is 8.30. The number of aryl methyl sites for hydroxylation is 1. The molecule has 2 N–H and O–H groups in total. The predicted octanol–water partition coefficient (Wildman–Crippen LogP) is 3.71. The standard InChI is InChI=1S/C16H25NO2S/c1-4-11-17-16(3,15(18)19)10-7-12-20-14-9-6-5-8-13(14)2/h5-6,8-9,17H,4,7,10-12H2,1-3H3,(H,18,19). The molecular weight excluding hydrogens is 270 g/mol. The normalized spacial score (nSPS) is 13.9. The van der Waals surface area contributed by atoms with Crippen molar-refractivity contribution >= 4 is 17.7 Å². The van der Waals surface area contributed by atoms with Gasteiger partial charge in [-0.1, -0.05) is 25.1 Å². The Morgan fingerprint density at radius 1 is 1.40 bits per heavy atom. The number of rotatable bonds is 9. The van der Waals surface area contributed by atoms with E-state index in [0.717, 1.165) is 25.1 Å². The highest BCUT2D eigenvalue weighted by Crippen LogP contribution is 2.24. The lowest BCUT2D eigenvalue weighted by Gasteiger charge is -2.26. The molecular formula is C16H25NO2S. The molecule has 0 saturated heterocycles. The fraction of sp³-hybridized carbons (Fsp3) is 0.562. The average Bonchev–Trinajstić information content (AvgIpc) is 2.43. The Hall–Kier alpha value is -1.00. The van der Waals surface area contributed by atoms with Crippen LogP contribution >= 0.6 is 11.8 Å². The summed E-state index contributed by atoms with van der Waals surface area (Å²) in [7, 11) is 0. The molecule has 0 aliphatic heterocycles. The average molecular weight is 295 g/mol. The SMILES string of the molecule is CCCNC(C)(CCCSc1ccccc1C)C(=O)O. The third kappa shape index (κ3) is 5.17. The molecule has 0 spiro atoms. The second-order valence-corrected chi connectivity index (χ2v) is 6.42. The summed E-state index contributed by atoms with van der Waals surface area (Å²) in [6.07, 6.45) is 2.49. The van der Waals surface area contributed by atoms with Gasteiger partial charge in [-0.05, 0) is 57.0 Å². The maximum atomic E-state index is 11.4. The van der Waals surface area contributed by atoms with Crippen molar-refractivity contribution in [1.82, 2.24) is 5.32 Å². The molecule has 1 rings (SSSR count). The molecule has 1 aromatic rings. The zero-order valence-corrected chi connectivity index (χ0v) is 13.4. The third-order valence-electron chi connectivity index (χ3n) is 3.41. The van der Waals surface area contributed by atoms with Crippen molar-refractivity contribution in [3.8, 4) is 0 Å². The summed E-state index contributed by atoms with van der Waals surface area (Å²) in [5.74, 6) is 0.188. The first kappa shape index (κ1) is 17.1. The Labute approximate surface area is 126 Å². The summed E-state index contributed by atoms with van der Waals surface area (Å²) in [5.41, 5.74) is 0.477. The number of carbonyl (C=O) groups is 1. The molecule has 1 aromatic carbocycles. The number of hydrogen-bond donors (Lipinski definition) is 2. The number of benzene rings is 1. The molecule has 0 aromatic heterocycles. The molecule has 4 heteroatoms. The molecule has 1 unspecified atom stereocenters. The second kappa shape index (κ2) is 8.32. The van der Waals surface area contributed by atoms with Crippen molar-refractivity contribution in [3.05, 3.63) is 29.8 Å². The van der Waals surface area contributed by atoms with Gasteiger partial charge in [-0.3, -0.25) is 4.79 Å². The van der Waals surface area contributed by atoms with Crippen molar-refractivity contribution in [2.24, 2.45) is 0 Å². The molecule has 1 atom stereocenters. The van der Waals surface area contributed by atoms with Gasteiger partial charge in [0.15, 0.2) is 0 Å². The number of carboxylic acids is 1. The number of hydrogen-bond acceptors (Lipinski definition) is 3. The maximum Gasteiger partial charge on any atom is 0.323 e. The number of nitrogens with one attached hydrogen (secondary N) is 1. The molecule has 0 saturated carbocycles. The maximum absolute atomic E-state index is 11.4. The van der Waals surface area contributed by atoms with Gasteiger partial charge in [-0.25, -0.2) is 0 Å². The zero-order valence-electron chi connectivity index (χ0n) is 12.6. The summed E-state index contributed by atoms with van der Waals surface area (Å²) < 4.78 is 0. The first-order valence-electron chi connectivity index (χ1n) is 7.16. The minimum atomic E-state index is -0.803. The molecule has 0 heterocycles. The van der Waals surface area contributed by atoms with E-state index in [1.165, 1.54) is 10.5 Å². The van der Waals surface area contributed by atoms with Gasteiger partial charge in [0.1, 0.15) is 5.54 Å². The largest absolute Gasteiger partial charge is 0.480 e. The van der Waals surface area contributed by atoms with Gasteiger partial charge in [0.25, 0.3) is 0 Å². The second-order valence-electron chi connectivity index (χ2n) is 5.28. The Bertz CT molecular complexity index is 436. The lowest BCUT2D eigenvalue weighted by molar-refractivity contribution is -0.144. The smallest absolute Gasteiger partial charge is 0.323 e. The minimum Gasteiger partial charge on any atom is -0.480 e. The zero-order chi connectivity index (χ0) is 15.0. The molecule has 0 bridgehead atoms. The highest BCUT2D eigenvalue weighted by atomic mass is 32.2. The fourth-order valence-corrected chi connectivity index (χ4v) is 2.98. The van der Waals surface area contributed by atoms with E-state index in [4.69, 9.17) is 0 Å². The molecule has 0 radical (unpaired) electrons. The van der Waals surface area contributed by atoms with Crippen LogP contribution in [0.2, 0.25) is 0 Å². The van der Waals surface area contributed by atoms with Crippen molar-refractivity contribution in [2.45, 2.75) is 50.5 Å². The first-order chi connectivity index (χ1) is 9.49. The summed E-state index contributed by atoms with van der Waals surface area (Å²) in [6.45, 7) is 6.67. The van der Waals surface area contributed by atoms with Gasteiger partial charge in [0.05, 0.1) is 0 Å². The van der Waals surface area contributed by atoms with Crippen molar-refractivity contribution in [1.29, 1.82) is 0 Å². The van der Waals surface area contributed by atoms with Crippen LogP contribution in [0.15, 0.2) is 29.2 Å². The highest BCUT2D eigenvalue weighted by Gasteiger charge is 2.31. The van der Waals surface area contributed by atoms with Gasteiger partial charge in [-0.15, -0.1) is 11.8 Å². The molecule has 3 nitrogen and oxygen atoms in total. The van der Waals surface area contributed by atoms with Gasteiger partial charge < -0.3 is 10.4 Å². The van der Waals surface area contributed by atoms with Crippen LogP contribution in [0.1, 0.15) is 38.7 Å². The van der Waals surface area contributed by atoms with Crippen LogP contribution < -0.4 is 5.32 Å². The van der Waals surface area contributed by atoms with Crippen LogP contribution in [0.5, 0.6) is 0 Å². The molecule has 0 aliphatic carbocycles. The van der Waals surface area contributed by atoms with Crippen molar-refractivity contribution in [2.75, 3.05) is 12.3 Å². The van der Waals surface area contributed by atoms with Crippen LogP contribution in [0.4, 0.5) is 0 Å². The predicted molar refractivity (Wildman–Crippen MR) is 85.5 cm³/mol. The Morgan fingerprint density at radius 2 is 2.10 bits per heavy atom.